The van der Waals surface area contributed by atoms with Gasteiger partial charge in [-0.05, 0) is 79.4 Å². The van der Waals surface area contributed by atoms with Gasteiger partial charge in [-0.15, -0.1) is 0 Å². The Morgan fingerprint density at radius 2 is 1.84 bits per heavy atom. The van der Waals surface area contributed by atoms with Gasteiger partial charge in [0.25, 0.3) is 0 Å². The molecular formula is C26H32N6. The Kier molecular flexibility index (Phi) is 5.95. The molecular weight excluding hydrogens is 396 g/mol. The second kappa shape index (κ2) is 9.17. The third-order valence-corrected chi connectivity index (χ3v) is 6.57. The highest BCUT2D eigenvalue weighted by Gasteiger charge is 2.22. The third kappa shape index (κ3) is 4.55. The molecule has 0 spiro atoms. The fraction of sp³-hybridized carbons (Fsp3) is 0.385. The standard InChI is InChI=1S/C26H32N6/c1-32(2)25-22-5-3-4-6-24(22)30-26(31-25)29-21-10-7-18(8-11-21)16-27-17-19-9-12-23-20(15-19)13-14-28-23/h3-6,9,12-15,18,21,27-28H,7-8,10-11,16-17H2,1-2H3,(H,29,30,31). The van der Waals surface area contributed by atoms with E-state index >= 15 is 0 Å². The number of aromatic amines is 1. The number of benzene rings is 2. The summed E-state index contributed by atoms with van der Waals surface area (Å²) >= 11 is 0. The van der Waals surface area contributed by atoms with Gasteiger partial charge in [0, 0.05) is 43.8 Å². The zero-order chi connectivity index (χ0) is 21.9. The van der Waals surface area contributed by atoms with E-state index in [2.05, 4.69) is 56.9 Å². The van der Waals surface area contributed by atoms with Gasteiger partial charge in [0.15, 0.2) is 0 Å². The molecule has 0 unspecified atom stereocenters. The van der Waals surface area contributed by atoms with Gasteiger partial charge in [-0.1, -0.05) is 18.2 Å². The van der Waals surface area contributed by atoms with Crippen molar-refractivity contribution in [1.82, 2.24) is 20.3 Å². The molecule has 5 rings (SSSR count). The zero-order valence-corrected chi connectivity index (χ0v) is 18.9. The SMILES string of the molecule is CN(C)c1nc(NC2CCC(CNCc3ccc4[nH]ccc4c3)CC2)nc2ccccc12. The van der Waals surface area contributed by atoms with E-state index < -0.39 is 0 Å². The summed E-state index contributed by atoms with van der Waals surface area (Å²) in [6.07, 6.45) is 6.79. The van der Waals surface area contributed by atoms with Crippen molar-refractivity contribution in [1.29, 1.82) is 0 Å². The first-order valence-electron chi connectivity index (χ1n) is 11.6. The minimum Gasteiger partial charge on any atom is -0.362 e. The van der Waals surface area contributed by atoms with Crippen LogP contribution in [0, 0.1) is 5.92 Å². The molecule has 2 aromatic carbocycles. The first-order chi connectivity index (χ1) is 15.7. The summed E-state index contributed by atoms with van der Waals surface area (Å²) in [5, 5.41) is 9.66. The fourth-order valence-electron chi connectivity index (χ4n) is 4.79. The molecule has 2 aromatic heterocycles. The Balaban J connectivity index is 1.13. The van der Waals surface area contributed by atoms with E-state index in [1.54, 1.807) is 0 Å². The first-order valence-corrected chi connectivity index (χ1v) is 11.6. The monoisotopic (exact) mass is 428 g/mol. The summed E-state index contributed by atoms with van der Waals surface area (Å²) in [6, 6.07) is 17.4. The van der Waals surface area contributed by atoms with E-state index in [4.69, 9.17) is 9.97 Å². The van der Waals surface area contributed by atoms with Crippen LogP contribution in [-0.4, -0.2) is 41.6 Å². The molecule has 0 amide bonds. The predicted molar refractivity (Wildman–Crippen MR) is 133 cm³/mol. The van der Waals surface area contributed by atoms with Crippen molar-refractivity contribution in [2.75, 3.05) is 30.9 Å². The molecule has 0 atom stereocenters. The number of anilines is 2. The van der Waals surface area contributed by atoms with Crippen LogP contribution in [0.4, 0.5) is 11.8 Å². The van der Waals surface area contributed by atoms with Crippen LogP contribution in [0.15, 0.2) is 54.7 Å². The molecule has 6 nitrogen and oxygen atoms in total. The van der Waals surface area contributed by atoms with Crippen LogP contribution in [0.3, 0.4) is 0 Å². The lowest BCUT2D eigenvalue weighted by atomic mass is 9.86. The number of hydrogen-bond acceptors (Lipinski definition) is 5. The molecule has 1 aliphatic carbocycles. The second-order valence-corrected chi connectivity index (χ2v) is 9.17. The molecule has 3 N–H and O–H groups in total. The van der Waals surface area contributed by atoms with Crippen molar-refractivity contribution >= 4 is 33.6 Å². The van der Waals surface area contributed by atoms with Crippen molar-refractivity contribution in [3.8, 4) is 0 Å². The van der Waals surface area contributed by atoms with Crippen LogP contribution in [0.25, 0.3) is 21.8 Å². The van der Waals surface area contributed by atoms with Crippen LogP contribution < -0.4 is 15.5 Å². The molecule has 6 heteroatoms. The van der Waals surface area contributed by atoms with Crippen molar-refractivity contribution in [2.45, 2.75) is 38.3 Å². The highest BCUT2D eigenvalue weighted by atomic mass is 15.2. The van der Waals surface area contributed by atoms with Crippen LogP contribution in [0.2, 0.25) is 0 Å². The lowest BCUT2D eigenvalue weighted by Crippen LogP contribution is -2.31. The highest BCUT2D eigenvalue weighted by molar-refractivity contribution is 5.90. The molecule has 32 heavy (non-hydrogen) atoms. The van der Waals surface area contributed by atoms with E-state index in [-0.39, 0.29) is 0 Å². The number of H-pyrrole nitrogens is 1. The number of fused-ring (bicyclic) bond motifs is 2. The van der Waals surface area contributed by atoms with Gasteiger partial charge in [-0.2, -0.15) is 4.98 Å². The summed E-state index contributed by atoms with van der Waals surface area (Å²) in [4.78, 5) is 14.9. The van der Waals surface area contributed by atoms with Crippen molar-refractivity contribution in [3.05, 3.63) is 60.3 Å². The van der Waals surface area contributed by atoms with Gasteiger partial charge in [0.05, 0.1) is 5.52 Å². The molecule has 1 aliphatic rings. The van der Waals surface area contributed by atoms with Crippen LogP contribution in [0.5, 0.6) is 0 Å². The molecule has 166 valence electrons. The minimum atomic E-state index is 0.443. The molecule has 1 saturated carbocycles. The number of hydrogen-bond donors (Lipinski definition) is 3. The topological polar surface area (TPSA) is 68.9 Å². The Bertz CT molecular complexity index is 1190. The van der Waals surface area contributed by atoms with Gasteiger partial charge in [-0.3, -0.25) is 0 Å². The first kappa shape index (κ1) is 20.8. The highest BCUT2D eigenvalue weighted by Crippen LogP contribution is 2.28. The Hall–Kier alpha value is -3.12. The molecule has 0 radical (unpaired) electrons. The maximum atomic E-state index is 4.80. The Labute approximate surface area is 189 Å². The van der Waals surface area contributed by atoms with Crippen molar-refractivity contribution < 1.29 is 0 Å². The largest absolute Gasteiger partial charge is 0.362 e. The second-order valence-electron chi connectivity index (χ2n) is 9.17. The predicted octanol–water partition coefficient (Wildman–Crippen LogP) is 4.94. The Morgan fingerprint density at radius 3 is 2.69 bits per heavy atom. The summed E-state index contributed by atoms with van der Waals surface area (Å²) < 4.78 is 0. The lowest BCUT2D eigenvalue weighted by molar-refractivity contribution is 0.324. The van der Waals surface area contributed by atoms with Crippen molar-refractivity contribution in [3.63, 3.8) is 0 Å². The third-order valence-electron chi connectivity index (χ3n) is 6.57. The number of aromatic nitrogens is 3. The van der Waals surface area contributed by atoms with Crippen LogP contribution >= 0.6 is 0 Å². The molecule has 1 fully saturated rings. The van der Waals surface area contributed by atoms with Crippen molar-refractivity contribution in [2.24, 2.45) is 5.92 Å². The maximum Gasteiger partial charge on any atom is 0.225 e. The van der Waals surface area contributed by atoms with E-state index in [1.165, 1.54) is 29.3 Å². The summed E-state index contributed by atoms with van der Waals surface area (Å²) in [5.41, 5.74) is 3.54. The number of rotatable bonds is 7. The van der Waals surface area contributed by atoms with Gasteiger partial charge < -0.3 is 20.5 Å². The van der Waals surface area contributed by atoms with Crippen LogP contribution in [-0.2, 0) is 6.54 Å². The van der Waals surface area contributed by atoms with Gasteiger partial charge in [0.2, 0.25) is 5.95 Å². The lowest BCUT2D eigenvalue weighted by Gasteiger charge is -2.29. The summed E-state index contributed by atoms with van der Waals surface area (Å²) in [6.45, 7) is 2.01. The summed E-state index contributed by atoms with van der Waals surface area (Å²) in [7, 11) is 4.07. The van der Waals surface area contributed by atoms with E-state index in [9.17, 15) is 0 Å². The van der Waals surface area contributed by atoms with Gasteiger partial charge in [0.1, 0.15) is 5.82 Å². The number of nitrogens with zero attached hydrogens (tertiary/aromatic N) is 3. The molecule has 0 aliphatic heterocycles. The van der Waals surface area contributed by atoms with E-state index in [0.717, 1.165) is 54.5 Å². The summed E-state index contributed by atoms with van der Waals surface area (Å²) in [5.74, 6) is 2.45. The number of nitrogens with one attached hydrogen (secondary N) is 3. The molecule has 0 saturated heterocycles. The van der Waals surface area contributed by atoms with Crippen LogP contribution in [0.1, 0.15) is 31.2 Å². The molecule has 4 aromatic rings. The quantitative estimate of drug-likeness (QED) is 0.389. The smallest absolute Gasteiger partial charge is 0.225 e. The van der Waals surface area contributed by atoms with E-state index in [1.807, 2.05) is 32.4 Å². The average Bonchev–Trinajstić information content (AvgIpc) is 3.27. The number of para-hydroxylation sites is 1. The Morgan fingerprint density at radius 1 is 1.00 bits per heavy atom. The molecule has 0 bridgehead atoms. The molecule has 2 heterocycles. The maximum absolute atomic E-state index is 4.80. The zero-order valence-electron chi connectivity index (χ0n) is 18.9. The average molecular weight is 429 g/mol. The normalized spacial score (nSPS) is 18.8. The fourth-order valence-corrected chi connectivity index (χ4v) is 4.79. The van der Waals surface area contributed by atoms with Gasteiger partial charge >= 0.3 is 0 Å². The van der Waals surface area contributed by atoms with E-state index in [0.29, 0.717) is 6.04 Å². The van der Waals surface area contributed by atoms with Gasteiger partial charge in [-0.25, -0.2) is 4.98 Å². The minimum absolute atomic E-state index is 0.443.